The van der Waals surface area contributed by atoms with Crippen molar-refractivity contribution in [3.63, 3.8) is 0 Å². The molecule has 21 heavy (non-hydrogen) atoms. The lowest BCUT2D eigenvalue weighted by Crippen LogP contribution is -2.30. The second-order valence-electron chi connectivity index (χ2n) is 8.00. The Bertz CT molecular complexity index is 226. The van der Waals surface area contributed by atoms with Crippen molar-refractivity contribution in [2.75, 3.05) is 26.4 Å². The predicted octanol–water partition coefficient (Wildman–Crippen LogP) is 5.52. The van der Waals surface area contributed by atoms with Crippen LogP contribution in [0.5, 0.6) is 0 Å². The van der Waals surface area contributed by atoms with Crippen molar-refractivity contribution >= 4 is 8.07 Å². The van der Waals surface area contributed by atoms with Crippen LogP contribution >= 0.6 is 0 Å². The zero-order valence-corrected chi connectivity index (χ0v) is 16.0. The molecular weight excluding hydrogens is 274 g/mol. The first kappa shape index (κ1) is 19.2. The smallest absolute Gasteiger partial charge is 0.0990 e. The highest BCUT2D eigenvalue weighted by molar-refractivity contribution is 6.76. The number of hydrogen-bond donors (Lipinski definition) is 0. The van der Waals surface area contributed by atoms with Gasteiger partial charge in [-0.3, -0.25) is 4.90 Å². The van der Waals surface area contributed by atoms with Crippen molar-refractivity contribution in [3.05, 3.63) is 0 Å². The molecule has 126 valence electrons. The Hall–Kier alpha value is 0.137. The van der Waals surface area contributed by atoms with E-state index in [1.54, 1.807) is 0 Å². The molecule has 0 saturated carbocycles. The average molecular weight is 314 g/mol. The second kappa shape index (κ2) is 11.7. The minimum absolute atomic E-state index is 0.866. The molecule has 0 amide bonds. The van der Waals surface area contributed by atoms with Gasteiger partial charge in [0.05, 0.1) is 6.73 Å². The fourth-order valence-corrected chi connectivity index (χ4v) is 3.65. The molecule has 0 aromatic heterocycles. The third kappa shape index (κ3) is 12.4. The number of rotatable bonds is 5. The van der Waals surface area contributed by atoms with Crippen LogP contribution in [0.3, 0.4) is 0 Å². The van der Waals surface area contributed by atoms with E-state index in [-0.39, 0.29) is 0 Å². The molecule has 1 aliphatic rings. The third-order valence-corrected chi connectivity index (χ3v) is 6.17. The molecule has 1 heterocycles. The van der Waals surface area contributed by atoms with Gasteiger partial charge in [0.1, 0.15) is 0 Å². The molecule has 0 aromatic rings. The SMILES string of the molecule is C[Si](C)(C)CCOCN1CCCCCCCCCCCC1. The Kier molecular flexibility index (Phi) is 10.7. The van der Waals surface area contributed by atoms with E-state index in [2.05, 4.69) is 24.5 Å². The second-order valence-corrected chi connectivity index (χ2v) is 13.6. The van der Waals surface area contributed by atoms with E-state index in [0.29, 0.717) is 0 Å². The first-order valence-electron chi connectivity index (χ1n) is 9.38. The van der Waals surface area contributed by atoms with Gasteiger partial charge in [-0.25, -0.2) is 0 Å². The number of nitrogens with zero attached hydrogens (tertiary/aromatic N) is 1. The Morgan fingerprint density at radius 1 is 0.714 bits per heavy atom. The van der Waals surface area contributed by atoms with E-state index in [0.717, 1.165) is 13.3 Å². The van der Waals surface area contributed by atoms with Crippen LogP contribution in [0, 0.1) is 0 Å². The van der Waals surface area contributed by atoms with Crippen LogP contribution in [-0.2, 0) is 4.74 Å². The summed E-state index contributed by atoms with van der Waals surface area (Å²) in [6.45, 7) is 11.6. The highest BCUT2D eigenvalue weighted by Crippen LogP contribution is 2.13. The van der Waals surface area contributed by atoms with Gasteiger partial charge in [-0.2, -0.15) is 0 Å². The normalized spacial score (nSPS) is 21.3. The minimum atomic E-state index is -0.938. The molecule has 0 spiro atoms. The fourth-order valence-electron chi connectivity index (χ4n) is 2.90. The van der Waals surface area contributed by atoms with E-state index in [4.69, 9.17) is 4.74 Å². The molecule has 0 bridgehead atoms. The van der Waals surface area contributed by atoms with Crippen molar-refractivity contribution in [2.45, 2.75) is 89.9 Å². The van der Waals surface area contributed by atoms with Crippen molar-refractivity contribution in [2.24, 2.45) is 0 Å². The van der Waals surface area contributed by atoms with Gasteiger partial charge in [0.25, 0.3) is 0 Å². The van der Waals surface area contributed by atoms with E-state index >= 15 is 0 Å². The standard InChI is InChI=1S/C18H39NOSi/c1-21(2,3)17-16-20-18-19-14-12-10-8-6-4-5-7-9-11-13-15-19/h4-18H2,1-3H3. The molecule has 0 unspecified atom stereocenters. The molecule has 0 N–H and O–H groups in total. The first-order chi connectivity index (χ1) is 10.1. The number of hydrogen-bond acceptors (Lipinski definition) is 2. The summed E-state index contributed by atoms with van der Waals surface area (Å²) in [7, 11) is -0.938. The molecule has 1 rings (SSSR count). The summed E-state index contributed by atoms with van der Waals surface area (Å²) in [4.78, 5) is 2.56. The largest absolute Gasteiger partial charge is 0.366 e. The molecular formula is C18H39NOSi. The summed E-state index contributed by atoms with van der Waals surface area (Å²) in [5.41, 5.74) is 0. The average Bonchev–Trinajstić information content (AvgIpc) is 2.44. The molecule has 3 heteroatoms. The van der Waals surface area contributed by atoms with Crippen LogP contribution in [0.2, 0.25) is 25.7 Å². The van der Waals surface area contributed by atoms with Crippen molar-refractivity contribution < 1.29 is 4.74 Å². The van der Waals surface area contributed by atoms with Gasteiger partial charge in [0.15, 0.2) is 0 Å². The maximum Gasteiger partial charge on any atom is 0.0990 e. The van der Waals surface area contributed by atoms with E-state index < -0.39 is 8.07 Å². The zero-order chi connectivity index (χ0) is 15.4. The summed E-state index contributed by atoms with van der Waals surface area (Å²) in [5, 5.41) is 0. The van der Waals surface area contributed by atoms with Crippen molar-refractivity contribution in [3.8, 4) is 0 Å². The summed E-state index contributed by atoms with van der Waals surface area (Å²) in [5.74, 6) is 0. The molecule has 0 aromatic carbocycles. The summed E-state index contributed by atoms with van der Waals surface area (Å²) in [6, 6.07) is 1.29. The Balaban J connectivity index is 2.20. The lowest BCUT2D eigenvalue weighted by molar-refractivity contribution is 0.0331. The van der Waals surface area contributed by atoms with E-state index in [1.165, 1.54) is 83.3 Å². The Labute approximate surface area is 134 Å². The van der Waals surface area contributed by atoms with Crippen molar-refractivity contribution in [1.82, 2.24) is 4.90 Å². The molecule has 1 aliphatic heterocycles. The topological polar surface area (TPSA) is 12.5 Å². The van der Waals surface area contributed by atoms with Crippen LogP contribution in [0.4, 0.5) is 0 Å². The molecule has 0 atom stereocenters. The summed E-state index contributed by atoms with van der Waals surface area (Å²) < 4.78 is 5.96. The monoisotopic (exact) mass is 313 g/mol. The lowest BCUT2D eigenvalue weighted by Gasteiger charge is -2.23. The van der Waals surface area contributed by atoms with E-state index in [9.17, 15) is 0 Å². The highest BCUT2D eigenvalue weighted by Gasteiger charge is 2.13. The van der Waals surface area contributed by atoms with Crippen LogP contribution in [-0.4, -0.2) is 39.4 Å². The maximum absolute atomic E-state index is 5.96. The van der Waals surface area contributed by atoms with Gasteiger partial charge in [-0.15, -0.1) is 0 Å². The van der Waals surface area contributed by atoms with Crippen LogP contribution in [0.1, 0.15) is 64.2 Å². The fraction of sp³-hybridized carbons (Fsp3) is 1.00. The summed E-state index contributed by atoms with van der Waals surface area (Å²) >= 11 is 0. The van der Waals surface area contributed by atoms with Crippen LogP contribution in [0.25, 0.3) is 0 Å². The summed E-state index contributed by atoms with van der Waals surface area (Å²) in [6.07, 6.45) is 14.2. The van der Waals surface area contributed by atoms with Crippen LogP contribution in [0.15, 0.2) is 0 Å². The molecule has 1 fully saturated rings. The van der Waals surface area contributed by atoms with Crippen LogP contribution < -0.4 is 0 Å². The molecule has 0 radical (unpaired) electrons. The van der Waals surface area contributed by atoms with Gasteiger partial charge in [-0.05, 0) is 18.9 Å². The van der Waals surface area contributed by atoms with Gasteiger partial charge >= 0.3 is 0 Å². The lowest BCUT2D eigenvalue weighted by atomic mass is 10.1. The maximum atomic E-state index is 5.96. The molecule has 1 saturated heterocycles. The van der Waals surface area contributed by atoms with Gasteiger partial charge in [-0.1, -0.05) is 71.0 Å². The predicted molar refractivity (Wildman–Crippen MR) is 96.7 cm³/mol. The van der Waals surface area contributed by atoms with Gasteiger partial charge < -0.3 is 4.74 Å². The minimum Gasteiger partial charge on any atom is -0.366 e. The Morgan fingerprint density at radius 2 is 1.14 bits per heavy atom. The number of ether oxygens (including phenoxy) is 1. The van der Waals surface area contributed by atoms with E-state index in [1.807, 2.05) is 0 Å². The quantitative estimate of drug-likeness (QED) is 0.490. The first-order valence-corrected chi connectivity index (χ1v) is 13.1. The molecule has 2 nitrogen and oxygen atoms in total. The van der Waals surface area contributed by atoms with Gasteiger partial charge in [0, 0.05) is 27.8 Å². The Morgan fingerprint density at radius 3 is 1.57 bits per heavy atom. The zero-order valence-electron chi connectivity index (χ0n) is 15.0. The third-order valence-electron chi connectivity index (χ3n) is 4.47. The van der Waals surface area contributed by atoms with Gasteiger partial charge in [0.2, 0.25) is 0 Å². The van der Waals surface area contributed by atoms with Crippen molar-refractivity contribution in [1.29, 1.82) is 0 Å². The molecule has 0 aliphatic carbocycles. The highest BCUT2D eigenvalue weighted by atomic mass is 28.3.